The molecule has 0 aromatic heterocycles. The van der Waals surface area contributed by atoms with Gasteiger partial charge in [0.2, 0.25) is 5.91 Å². The first kappa shape index (κ1) is 9.97. The monoisotopic (exact) mass is 196 g/mol. The molecule has 2 rings (SSSR count). The maximum absolute atomic E-state index is 11.7. The molecule has 0 spiro atoms. The smallest absolute Gasteiger partial charge is 0.238 e. The molecule has 1 saturated carbocycles. The van der Waals surface area contributed by atoms with Crippen molar-refractivity contribution in [2.45, 2.75) is 45.8 Å². The van der Waals surface area contributed by atoms with Crippen LogP contribution in [0.25, 0.3) is 0 Å². The number of amides is 1. The molecule has 1 aliphatic carbocycles. The van der Waals surface area contributed by atoms with Crippen molar-refractivity contribution >= 4 is 5.91 Å². The van der Waals surface area contributed by atoms with Gasteiger partial charge in [-0.1, -0.05) is 20.8 Å². The molecular weight excluding hydrogens is 176 g/mol. The molecule has 0 aromatic rings. The number of carbonyl (C=O) groups is 1. The molecule has 3 atom stereocenters. The van der Waals surface area contributed by atoms with E-state index in [-0.39, 0.29) is 0 Å². The molecule has 2 aliphatic rings. The molecule has 1 amide bonds. The van der Waals surface area contributed by atoms with Crippen molar-refractivity contribution in [2.24, 2.45) is 11.8 Å². The summed E-state index contributed by atoms with van der Waals surface area (Å²) in [6, 6.07) is 0.529. The van der Waals surface area contributed by atoms with Gasteiger partial charge in [-0.2, -0.15) is 0 Å². The molecule has 2 fully saturated rings. The maximum Gasteiger partial charge on any atom is 0.238 e. The second-order valence-electron chi connectivity index (χ2n) is 5.11. The summed E-state index contributed by atoms with van der Waals surface area (Å²) in [6.07, 6.45) is 2.58. The number of nitrogens with one attached hydrogen (secondary N) is 1. The van der Waals surface area contributed by atoms with Gasteiger partial charge < -0.3 is 4.90 Å². The molecule has 80 valence electrons. The summed E-state index contributed by atoms with van der Waals surface area (Å²) in [4.78, 5) is 13.7. The van der Waals surface area contributed by atoms with Gasteiger partial charge in [-0.05, 0) is 24.7 Å². The molecule has 0 aromatic carbocycles. The van der Waals surface area contributed by atoms with Gasteiger partial charge in [0.1, 0.15) is 0 Å². The van der Waals surface area contributed by atoms with E-state index < -0.39 is 0 Å². The van der Waals surface area contributed by atoms with E-state index in [1.807, 2.05) is 0 Å². The van der Waals surface area contributed by atoms with E-state index in [9.17, 15) is 4.79 Å². The molecule has 3 nitrogen and oxygen atoms in total. The summed E-state index contributed by atoms with van der Waals surface area (Å²) < 4.78 is 0. The predicted octanol–water partition coefficient (Wildman–Crippen LogP) is 1.20. The molecule has 0 radical (unpaired) electrons. The second-order valence-corrected chi connectivity index (χ2v) is 5.11. The minimum absolute atomic E-state index is 0.296. The Hall–Kier alpha value is -0.570. The Kier molecular flexibility index (Phi) is 2.52. The Morgan fingerprint density at radius 2 is 2.21 bits per heavy atom. The topological polar surface area (TPSA) is 32.3 Å². The van der Waals surface area contributed by atoms with Crippen LogP contribution >= 0.6 is 0 Å². The lowest BCUT2D eigenvalue weighted by atomic mass is 10.1. The predicted molar refractivity (Wildman–Crippen MR) is 55.7 cm³/mol. The number of rotatable bonds is 3. The molecule has 1 aliphatic heterocycles. The molecule has 1 heterocycles. The normalized spacial score (nSPS) is 37.0. The minimum atomic E-state index is 0.296. The van der Waals surface area contributed by atoms with Crippen LogP contribution in [-0.2, 0) is 4.79 Å². The van der Waals surface area contributed by atoms with Gasteiger partial charge in [-0.3, -0.25) is 10.1 Å². The molecule has 3 heteroatoms. The lowest BCUT2D eigenvalue weighted by Gasteiger charge is -2.26. The fraction of sp³-hybridized carbons (Fsp3) is 0.909. The fourth-order valence-electron chi connectivity index (χ4n) is 2.32. The van der Waals surface area contributed by atoms with E-state index in [2.05, 4.69) is 31.0 Å². The molecular formula is C11H20N2O. The Bertz CT molecular complexity index is 239. The summed E-state index contributed by atoms with van der Waals surface area (Å²) in [6.45, 7) is 7.18. The Balaban J connectivity index is 1.99. The van der Waals surface area contributed by atoms with E-state index in [0.29, 0.717) is 36.5 Å². The molecule has 3 unspecified atom stereocenters. The highest BCUT2D eigenvalue weighted by atomic mass is 16.2. The van der Waals surface area contributed by atoms with Crippen LogP contribution in [0.15, 0.2) is 0 Å². The molecule has 1 N–H and O–H groups in total. The zero-order valence-electron chi connectivity index (χ0n) is 9.29. The number of carbonyl (C=O) groups excluding carboxylic acids is 1. The highest BCUT2D eigenvalue weighted by Crippen LogP contribution is 2.37. The van der Waals surface area contributed by atoms with Crippen molar-refractivity contribution in [3.8, 4) is 0 Å². The second kappa shape index (κ2) is 3.54. The lowest BCUT2D eigenvalue weighted by molar-refractivity contribution is -0.128. The molecule has 0 bridgehead atoms. The average molecular weight is 196 g/mol. The van der Waals surface area contributed by atoms with Gasteiger partial charge in [0.05, 0.1) is 12.7 Å². The third-order valence-electron chi connectivity index (χ3n) is 3.23. The van der Waals surface area contributed by atoms with Crippen LogP contribution < -0.4 is 5.32 Å². The maximum atomic E-state index is 11.7. The van der Waals surface area contributed by atoms with Crippen LogP contribution in [0.2, 0.25) is 0 Å². The lowest BCUT2D eigenvalue weighted by Crippen LogP contribution is -2.40. The number of hydrogen-bond donors (Lipinski definition) is 1. The van der Waals surface area contributed by atoms with E-state index in [0.717, 1.165) is 6.42 Å². The van der Waals surface area contributed by atoms with Crippen LogP contribution in [0, 0.1) is 11.8 Å². The van der Waals surface area contributed by atoms with Gasteiger partial charge in [-0.25, -0.2) is 0 Å². The van der Waals surface area contributed by atoms with Gasteiger partial charge in [0.15, 0.2) is 0 Å². The number of hydrogen-bond acceptors (Lipinski definition) is 2. The van der Waals surface area contributed by atoms with Gasteiger partial charge in [0, 0.05) is 6.04 Å². The minimum Gasteiger partial charge on any atom is -0.323 e. The van der Waals surface area contributed by atoms with E-state index in [4.69, 9.17) is 0 Å². The van der Waals surface area contributed by atoms with Crippen LogP contribution in [0.4, 0.5) is 0 Å². The van der Waals surface area contributed by atoms with Crippen molar-refractivity contribution in [2.75, 3.05) is 6.54 Å². The highest BCUT2D eigenvalue weighted by Gasteiger charge is 2.46. The zero-order chi connectivity index (χ0) is 10.3. The Morgan fingerprint density at radius 3 is 2.71 bits per heavy atom. The van der Waals surface area contributed by atoms with Crippen LogP contribution in [0.1, 0.15) is 33.6 Å². The third-order valence-corrected chi connectivity index (χ3v) is 3.23. The van der Waals surface area contributed by atoms with Crippen molar-refractivity contribution in [1.29, 1.82) is 0 Å². The van der Waals surface area contributed by atoms with Crippen LogP contribution in [0.3, 0.4) is 0 Å². The first-order valence-electron chi connectivity index (χ1n) is 5.64. The highest BCUT2D eigenvalue weighted by molar-refractivity contribution is 5.81. The third kappa shape index (κ3) is 1.78. The largest absolute Gasteiger partial charge is 0.323 e. The summed E-state index contributed by atoms with van der Waals surface area (Å²) in [5.74, 6) is 1.66. The van der Waals surface area contributed by atoms with Crippen molar-refractivity contribution in [1.82, 2.24) is 10.2 Å². The van der Waals surface area contributed by atoms with Crippen LogP contribution in [-0.4, -0.2) is 29.6 Å². The average Bonchev–Trinajstić information content (AvgIpc) is 2.67. The summed E-state index contributed by atoms with van der Waals surface area (Å²) in [5, 5.41) is 3.31. The quantitative estimate of drug-likeness (QED) is 0.735. The Labute approximate surface area is 85.8 Å². The van der Waals surface area contributed by atoms with Crippen molar-refractivity contribution in [3.63, 3.8) is 0 Å². The fourth-order valence-corrected chi connectivity index (χ4v) is 2.32. The first-order chi connectivity index (χ1) is 6.59. The first-order valence-corrected chi connectivity index (χ1v) is 5.64. The Morgan fingerprint density at radius 1 is 1.57 bits per heavy atom. The SMILES string of the molecule is CC(C)CC1NCC(=O)N1C1CC1C. The molecule has 14 heavy (non-hydrogen) atoms. The zero-order valence-corrected chi connectivity index (χ0v) is 9.29. The van der Waals surface area contributed by atoms with Crippen LogP contribution in [0.5, 0.6) is 0 Å². The van der Waals surface area contributed by atoms with Crippen molar-refractivity contribution in [3.05, 3.63) is 0 Å². The van der Waals surface area contributed by atoms with Gasteiger partial charge in [0.25, 0.3) is 0 Å². The van der Waals surface area contributed by atoms with E-state index in [1.54, 1.807) is 0 Å². The molecule has 1 saturated heterocycles. The van der Waals surface area contributed by atoms with E-state index in [1.165, 1.54) is 6.42 Å². The number of nitrogens with zero attached hydrogens (tertiary/aromatic N) is 1. The van der Waals surface area contributed by atoms with Crippen molar-refractivity contribution < 1.29 is 4.79 Å². The van der Waals surface area contributed by atoms with Gasteiger partial charge >= 0.3 is 0 Å². The standard InChI is InChI=1S/C11H20N2O/c1-7(2)4-10-12-6-11(14)13(10)9-5-8(9)3/h7-10,12H,4-6H2,1-3H3. The summed E-state index contributed by atoms with van der Waals surface area (Å²) >= 11 is 0. The summed E-state index contributed by atoms with van der Waals surface area (Å²) in [7, 11) is 0. The summed E-state index contributed by atoms with van der Waals surface area (Å²) in [5.41, 5.74) is 0. The van der Waals surface area contributed by atoms with E-state index >= 15 is 0 Å². The van der Waals surface area contributed by atoms with Gasteiger partial charge in [-0.15, -0.1) is 0 Å².